The highest BCUT2D eigenvalue weighted by molar-refractivity contribution is 6.51. The molecule has 0 spiro atoms. The molecule has 0 aliphatic heterocycles. The highest BCUT2D eigenvalue weighted by Gasteiger charge is 2.22. The molecule has 4 heterocycles. The van der Waals surface area contributed by atoms with E-state index in [1.54, 1.807) is 0 Å². The Balaban J connectivity index is 0.000000435. The molecule has 62 heavy (non-hydrogen) atoms. The van der Waals surface area contributed by atoms with E-state index in [0.717, 1.165) is 0 Å². The van der Waals surface area contributed by atoms with Crippen LogP contribution in [0.5, 0.6) is 0 Å². The first-order chi connectivity index (χ1) is 28.5. The zero-order chi connectivity index (χ0) is 47.3. The Labute approximate surface area is 347 Å². The summed E-state index contributed by atoms with van der Waals surface area (Å²) in [6, 6.07) is 34.1. The standard InChI is InChI=1S/2C19H19N2.4BF4/c2*1-15(2)18-5-3-4-6-19(18)21-13-9-17(10-14-21)16-7-11-20-12-8-16;4*2-1(3,4)5/h2*3-15H,1-2H3;;;;/q2*+1;4*-1/p+2. The number of halogens is 16. The third-order valence-electron chi connectivity index (χ3n) is 7.44. The van der Waals surface area contributed by atoms with Crippen LogP contribution in [0.25, 0.3) is 33.6 Å². The summed E-state index contributed by atoms with van der Waals surface area (Å²) in [5, 5.41) is 0. The molecule has 0 saturated heterocycles. The lowest BCUT2D eigenvalue weighted by atomic mass is 10.0. The van der Waals surface area contributed by atoms with Gasteiger partial charge in [0.1, 0.15) is 0 Å². The maximum Gasteiger partial charge on any atom is 0.673 e. The Morgan fingerprint density at radius 3 is 0.774 bits per heavy atom. The molecule has 0 bridgehead atoms. The van der Waals surface area contributed by atoms with Crippen LogP contribution >= 0.6 is 0 Å². The largest absolute Gasteiger partial charge is 0.673 e. The number of aromatic nitrogens is 4. The van der Waals surface area contributed by atoms with Crippen molar-refractivity contribution in [2.45, 2.75) is 39.5 Å². The number of rotatable bonds is 6. The smallest absolute Gasteiger partial charge is 0.418 e. The fraction of sp³-hybridized carbons (Fsp3) is 0.158. The van der Waals surface area contributed by atoms with Crippen LogP contribution < -0.4 is 19.1 Å². The molecular weight excluding hydrogens is 860 g/mol. The molecular formula is C38H40B4F16N4. The summed E-state index contributed by atoms with van der Waals surface area (Å²) in [7, 11) is -24.0. The fourth-order valence-electron chi connectivity index (χ4n) is 5.14. The van der Waals surface area contributed by atoms with Crippen LogP contribution in [0, 0.1) is 0 Å². The molecule has 4 nitrogen and oxygen atoms in total. The minimum Gasteiger partial charge on any atom is -0.418 e. The zero-order valence-electron chi connectivity index (χ0n) is 33.3. The van der Waals surface area contributed by atoms with Gasteiger partial charge < -0.3 is 69.1 Å². The van der Waals surface area contributed by atoms with E-state index in [1.165, 1.54) is 44.8 Å². The Morgan fingerprint density at radius 1 is 0.339 bits per heavy atom. The topological polar surface area (TPSA) is 36.0 Å². The quantitative estimate of drug-likeness (QED) is 0.0907. The lowest BCUT2D eigenvalue weighted by Gasteiger charge is -2.08. The van der Waals surface area contributed by atoms with E-state index in [4.69, 9.17) is 0 Å². The summed E-state index contributed by atoms with van der Waals surface area (Å²) >= 11 is 0. The summed E-state index contributed by atoms with van der Waals surface area (Å²) in [6.45, 7) is 8.92. The van der Waals surface area contributed by atoms with Gasteiger partial charge in [0, 0.05) is 71.8 Å². The molecule has 336 valence electrons. The van der Waals surface area contributed by atoms with Gasteiger partial charge in [0.25, 0.3) is 0 Å². The van der Waals surface area contributed by atoms with Crippen LogP contribution in [0.3, 0.4) is 0 Å². The molecule has 4 aromatic heterocycles. The highest BCUT2D eigenvalue weighted by Crippen LogP contribution is 2.22. The van der Waals surface area contributed by atoms with E-state index in [9.17, 15) is 69.1 Å². The predicted molar refractivity (Wildman–Crippen MR) is 209 cm³/mol. The third-order valence-corrected chi connectivity index (χ3v) is 7.44. The normalized spacial score (nSPS) is 11.2. The zero-order valence-corrected chi connectivity index (χ0v) is 33.3. The lowest BCUT2D eigenvalue weighted by Crippen LogP contribution is -2.31. The van der Waals surface area contributed by atoms with Gasteiger partial charge in [-0.2, -0.15) is 9.13 Å². The third kappa shape index (κ3) is 26.4. The van der Waals surface area contributed by atoms with Crippen LogP contribution in [0.1, 0.15) is 50.7 Å². The van der Waals surface area contributed by atoms with Crippen LogP contribution in [0.15, 0.2) is 147 Å². The molecule has 0 fully saturated rings. The monoisotopic (exact) mass is 900 g/mol. The van der Waals surface area contributed by atoms with Gasteiger partial charge in [-0.3, -0.25) is 0 Å². The van der Waals surface area contributed by atoms with Crippen molar-refractivity contribution < 1.29 is 88.2 Å². The Hall–Kier alpha value is -5.82. The number of nitrogens with zero attached hydrogens (tertiary/aromatic N) is 2. The number of nitrogens with one attached hydrogen (secondary N) is 2. The fourth-order valence-corrected chi connectivity index (χ4v) is 5.14. The molecule has 6 aromatic rings. The minimum absolute atomic E-state index is 0.512. The van der Waals surface area contributed by atoms with E-state index in [-0.39, 0.29) is 0 Å². The average molecular weight is 900 g/mol. The Kier molecular flexibility index (Phi) is 22.0. The second-order valence-electron chi connectivity index (χ2n) is 13.0. The van der Waals surface area contributed by atoms with Crippen molar-refractivity contribution in [3.63, 3.8) is 0 Å². The first-order valence-electron chi connectivity index (χ1n) is 18.1. The number of pyridine rings is 4. The second kappa shape index (κ2) is 25.2. The molecule has 0 aliphatic rings. The van der Waals surface area contributed by atoms with E-state index >= 15 is 0 Å². The van der Waals surface area contributed by atoms with Gasteiger partial charge in [-0.25, -0.2) is 9.97 Å². The molecule has 2 N–H and O–H groups in total. The molecule has 0 amide bonds. The molecule has 2 aromatic carbocycles. The lowest BCUT2D eigenvalue weighted by molar-refractivity contribution is -0.596. The molecule has 0 saturated carbocycles. The average Bonchev–Trinajstić information content (AvgIpc) is 3.16. The minimum atomic E-state index is -6.00. The summed E-state index contributed by atoms with van der Waals surface area (Å²) in [4.78, 5) is 6.11. The van der Waals surface area contributed by atoms with Crippen molar-refractivity contribution in [1.82, 2.24) is 0 Å². The number of H-pyrrole nitrogens is 2. The SMILES string of the molecule is CC(C)c1ccccc1-[n+]1ccc(-c2cc[nH+]cc2)cc1.CC(C)c1ccccc1-[n+]1ccc(-c2cc[nH+]cc2)cc1.F[B-](F)(F)F.F[B-](F)(F)F.F[B-](F)(F)F.F[B-](F)(F)F. The summed E-state index contributed by atoms with van der Waals surface area (Å²) < 4.78 is 160. The first kappa shape index (κ1) is 54.2. The van der Waals surface area contributed by atoms with E-state index in [2.05, 4.69) is 169 Å². The number of hydrogen-bond acceptors (Lipinski definition) is 0. The molecule has 0 aliphatic carbocycles. The summed E-state index contributed by atoms with van der Waals surface area (Å²) in [5.41, 5.74) is 10.1. The molecule has 6 rings (SSSR count). The van der Waals surface area contributed by atoms with Crippen molar-refractivity contribution in [2.24, 2.45) is 0 Å². The van der Waals surface area contributed by atoms with Crippen molar-refractivity contribution in [2.75, 3.05) is 0 Å². The van der Waals surface area contributed by atoms with Crippen molar-refractivity contribution in [1.29, 1.82) is 0 Å². The van der Waals surface area contributed by atoms with Gasteiger partial charge in [-0.05, 0) is 34.1 Å². The van der Waals surface area contributed by atoms with Crippen LogP contribution in [-0.4, -0.2) is 29.0 Å². The second-order valence-corrected chi connectivity index (χ2v) is 13.0. The Morgan fingerprint density at radius 2 is 0.548 bits per heavy atom. The summed E-state index contributed by atoms with van der Waals surface area (Å²) in [6.07, 6.45) is 16.3. The molecule has 24 heteroatoms. The number of aromatic amines is 2. The Bertz CT molecular complexity index is 1940. The van der Waals surface area contributed by atoms with Crippen molar-refractivity contribution in [3.8, 4) is 33.6 Å². The van der Waals surface area contributed by atoms with E-state index in [1.807, 2.05) is 24.8 Å². The number of para-hydroxylation sites is 2. The number of hydrogen-bond donors (Lipinski definition) is 0. The first-order valence-corrected chi connectivity index (χ1v) is 18.1. The van der Waals surface area contributed by atoms with Gasteiger partial charge in [0.05, 0.1) is 0 Å². The van der Waals surface area contributed by atoms with Gasteiger partial charge in [0.2, 0.25) is 11.4 Å². The van der Waals surface area contributed by atoms with Crippen LogP contribution in [0.2, 0.25) is 0 Å². The summed E-state index contributed by atoms with van der Waals surface area (Å²) in [5.74, 6) is 1.02. The molecule has 0 unspecified atom stereocenters. The van der Waals surface area contributed by atoms with Crippen LogP contribution in [0.4, 0.5) is 69.1 Å². The molecule has 0 atom stereocenters. The number of benzene rings is 2. The maximum atomic E-state index is 9.75. The predicted octanol–water partition coefficient (Wildman–Crippen LogP) is 12.3. The van der Waals surface area contributed by atoms with Gasteiger partial charge >= 0.3 is 29.0 Å². The van der Waals surface area contributed by atoms with E-state index in [0.29, 0.717) is 11.8 Å². The molecule has 0 radical (unpaired) electrons. The van der Waals surface area contributed by atoms with Crippen molar-refractivity contribution in [3.05, 3.63) is 158 Å². The van der Waals surface area contributed by atoms with E-state index < -0.39 is 29.0 Å². The highest BCUT2D eigenvalue weighted by atomic mass is 19.5. The van der Waals surface area contributed by atoms with Gasteiger partial charge in [-0.15, -0.1) is 0 Å². The van der Waals surface area contributed by atoms with Crippen LogP contribution in [-0.2, 0) is 0 Å². The maximum absolute atomic E-state index is 9.75. The van der Waals surface area contributed by atoms with Crippen molar-refractivity contribution >= 4 is 29.0 Å². The van der Waals surface area contributed by atoms with Gasteiger partial charge in [0.15, 0.2) is 49.6 Å². The van der Waals surface area contributed by atoms with Gasteiger partial charge in [-0.1, -0.05) is 64.1 Å².